The lowest BCUT2D eigenvalue weighted by molar-refractivity contribution is 0.584. The molecule has 2 aromatic rings. The van der Waals surface area contributed by atoms with Crippen LogP contribution in [0.4, 0.5) is 10.1 Å². The van der Waals surface area contributed by atoms with Crippen LogP contribution in [0.5, 0.6) is 0 Å². The first-order valence-corrected chi connectivity index (χ1v) is 5.28. The molecule has 3 nitrogen and oxygen atoms in total. The van der Waals surface area contributed by atoms with Gasteiger partial charge >= 0.3 is 0 Å². The van der Waals surface area contributed by atoms with E-state index in [4.69, 9.17) is 0 Å². The third-order valence-corrected chi connectivity index (χ3v) is 2.40. The molecule has 0 aromatic carbocycles. The normalized spacial score (nSPS) is 10.4. The number of hydrogen-bond acceptors (Lipinski definition) is 2. The fourth-order valence-electron chi connectivity index (χ4n) is 1.48. The Labute approximate surface area is 93.9 Å². The second kappa shape index (κ2) is 4.79. The summed E-state index contributed by atoms with van der Waals surface area (Å²) in [6.45, 7) is 3.79. The van der Waals surface area contributed by atoms with Gasteiger partial charge in [0.15, 0.2) is 0 Å². The van der Waals surface area contributed by atoms with Crippen molar-refractivity contribution < 1.29 is 4.39 Å². The molecule has 0 spiro atoms. The first-order valence-electron chi connectivity index (χ1n) is 5.28. The third-order valence-electron chi connectivity index (χ3n) is 2.40. The molecule has 0 atom stereocenters. The van der Waals surface area contributed by atoms with E-state index in [0.717, 1.165) is 18.8 Å². The Bertz CT molecular complexity index is 448. The van der Waals surface area contributed by atoms with Crippen LogP contribution in [0.3, 0.4) is 0 Å². The second-order valence-corrected chi connectivity index (χ2v) is 3.57. The molecule has 1 N–H and O–H groups in total. The number of aryl methyl sites for hydroxylation is 1. The highest BCUT2D eigenvalue weighted by molar-refractivity contribution is 5.40. The van der Waals surface area contributed by atoms with Crippen LogP contribution in [0.25, 0.3) is 0 Å². The number of aromatic nitrogens is 2. The molecular weight excluding hydrogens is 205 g/mol. The molecule has 0 aliphatic rings. The SMILES string of the molecule is CCn1ccc(CNc2ccc(F)nc2)c1. The third kappa shape index (κ3) is 2.59. The number of rotatable bonds is 4. The Balaban J connectivity index is 1.94. The molecule has 16 heavy (non-hydrogen) atoms. The number of halogens is 1. The van der Waals surface area contributed by atoms with Gasteiger partial charge in [-0.3, -0.25) is 0 Å². The van der Waals surface area contributed by atoms with Gasteiger partial charge in [0.1, 0.15) is 0 Å². The van der Waals surface area contributed by atoms with Crippen molar-refractivity contribution in [2.75, 3.05) is 5.32 Å². The quantitative estimate of drug-likeness (QED) is 0.801. The van der Waals surface area contributed by atoms with Crippen LogP contribution in [0.2, 0.25) is 0 Å². The first kappa shape index (κ1) is 10.7. The van der Waals surface area contributed by atoms with Crippen LogP contribution in [-0.4, -0.2) is 9.55 Å². The molecule has 84 valence electrons. The van der Waals surface area contributed by atoms with Crippen LogP contribution in [0.1, 0.15) is 12.5 Å². The zero-order valence-electron chi connectivity index (χ0n) is 9.15. The minimum atomic E-state index is -0.456. The van der Waals surface area contributed by atoms with E-state index in [-0.39, 0.29) is 0 Å². The Morgan fingerprint density at radius 2 is 2.25 bits per heavy atom. The maximum absolute atomic E-state index is 12.6. The van der Waals surface area contributed by atoms with Crippen molar-refractivity contribution in [3.63, 3.8) is 0 Å². The average Bonchev–Trinajstić information content (AvgIpc) is 2.76. The number of hydrogen-bond donors (Lipinski definition) is 1. The summed E-state index contributed by atoms with van der Waals surface area (Å²) in [6.07, 6.45) is 5.62. The van der Waals surface area contributed by atoms with Crippen LogP contribution in [-0.2, 0) is 13.1 Å². The van der Waals surface area contributed by atoms with E-state index < -0.39 is 5.95 Å². The predicted octanol–water partition coefficient (Wildman–Crippen LogP) is 2.65. The summed E-state index contributed by atoms with van der Waals surface area (Å²) in [5.74, 6) is -0.456. The Morgan fingerprint density at radius 3 is 2.88 bits per heavy atom. The Kier molecular flexibility index (Phi) is 3.19. The molecule has 0 saturated carbocycles. The summed E-state index contributed by atoms with van der Waals surface area (Å²) < 4.78 is 14.7. The molecule has 0 bridgehead atoms. The maximum atomic E-state index is 12.6. The summed E-state index contributed by atoms with van der Waals surface area (Å²) >= 11 is 0. The lowest BCUT2D eigenvalue weighted by atomic mass is 10.3. The van der Waals surface area contributed by atoms with Crippen molar-refractivity contribution in [3.05, 3.63) is 48.3 Å². The molecule has 0 unspecified atom stereocenters. The van der Waals surface area contributed by atoms with Gasteiger partial charge in [-0.15, -0.1) is 0 Å². The fourth-order valence-corrected chi connectivity index (χ4v) is 1.48. The number of anilines is 1. The largest absolute Gasteiger partial charge is 0.380 e. The molecule has 2 aromatic heterocycles. The summed E-state index contributed by atoms with van der Waals surface area (Å²) in [4.78, 5) is 3.58. The van der Waals surface area contributed by atoms with Crippen molar-refractivity contribution >= 4 is 5.69 Å². The Morgan fingerprint density at radius 1 is 1.38 bits per heavy atom. The van der Waals surface area contributed by atoms with Crippen LogP contribution in [0, 0.1) is 5.95 Å². The zero-order chi connectivity index (χ0) is 11.4. The van der Waals surface area contributed by atoms with E-state index in [2.05, 4.69) is 34.1 Å². The standard InChI is InChI=1S/C12H14FN3/c1-2-16-6-5-10(9-16)7-14-11-3-4-12(13)15-8-11/h3-6,8-9,14H,2,7H2,1H3. The van der Waals surface area contributed by atoms with Crippen LogP contribution >= 0.6 is 0 Å². The molecule has 4 heteroatoms. The van der Waals surface area contributed by atoms with Crippen molar-refractivity contribution in [1.29, 1.82) is 0 Å². The Hall–Kier alpha value is -1.84. The topological polar surface area (TPSA) is 29.9 Å². The van der Waals surface area contributed by atoms with Gasteiger partial charge in [-0.25, -0.2) is 4.98 Å². The molecule has 0 radical (unpaired) electrons. The average molecular weight is 219 g/mol. The van der Waals surface area contributed by atoms with Crippen molar-refractivity contribution in [1.82, 2.24) is 9.55 Å². The van der Waals surface area contributed by atoms with Gasteiger partial charge in [0, 0.05) is 25.5 Å². The van der Waals surface area contributed by atoms with E-state index in [1.807, 2.05) is 6.20 Å². The molecular formula is C12H14FN3. The maximum Gasteiger partial charge on any atom is 0.212 e. The fraction of sp³-hybridized carbons (Fsp3) is 0.250. The van der Waals surface area contributed by atoms with Gasteiger partial charge in [0.05, 0.1) is 11.9 Å². The highest BCUT2D eigenvalue weighted by Crippen LogP contribution is 2.08. The van der Waals surface area contributed by atoms with E-state index in [1.54, 1.807) is 6.07 Å². The highest BCUT2D eigenvalue weighted by atomic mass is 19.1. The van der Waals surface area contributed by atoms with E-state index in [0.29, 0.717) is 0 Å². The summed E-state index contributed by atoms with van der Waals surface area (Å²) in [5.41, 5.74) is 2.02. The van der Waals surface area contributed by atoms with Gasteiger partial charge < -0.3 is 9.88 Å². The molecule has 0 saturated heterocycles. The lowest BCUT2D eigenvalue weighted by Crippen LogP contribution is -1.99. The van der Waals surface area contributed by atoms with Crippen molar-refractivity contribution in [3.8, 4) is 0 Å². The molecule has 0 amide bonds. The predicted molar refractivity (Wildman–Crippen MR) is 61.6 cm³/mol. The van der Waals surface area contributed by atoms with Gasteiger partial charge in [0.2, 0.25) is 5.95 Å². The van der Waals surface area contributed by atoms with E-state index in [1.165, 1.54) is 17.8 Å². The minimum Gasteiger partial charge on any atom is -0.380 e. The summed E-state index contributed by atoms with van der Waals surface area (Å²) in [6, 6.07) is 5.09. The van der Waals surface area contributed by atoms with Crippen LogP contribution < -0.4 is 5.32 Å². The first-order chi connectivity index (χ1) is 7.78. The molecule has 0 aliphatic heterocycles. The summed E-state index contributed by atoms with van der Waals surface area (Å²) in [5, 5.41) is 3.18. The smallest absolute Gasteiger partial charge is 0.212 e. The van der Waals surface area contributed by atoms with Gasteiger partial charge in [-0.1, -0.05) is 0 Å². The van der Waals surface area contributed by atoms with Gasteiger partial charge in [-0.05, 0) is 30.7 Å². The second-order valence-electron chi connectivity index (χ2n) is 3.57. The van der Waals surface area contributed by atoms with Gasteiger partial charge in [0.25, 0.3) is 0 Å². The number of pyridine rings is 1. The zero-order valence-corrected chi connectivity index (χ0v) is 9.15. The molecule has 2 rings (SSSR count). The number of nitrogens with one attached hydrogen (secondary N) is 1. The van der Waals surface area contributed by atoms with E-state index >= 15 is 0 Å². The van der Waals surface area contributed by atoms with E-state index in [9.17, 15) is 4.39 Å². The highest BCUT2D eigenvalue weighted by Gasteiger charge is 1.97. The molecule has 0 fully saturated rings. The minimum absolute atomic E-state index is 0.456. The molecule has 0 aliphatic carbocycles. The summed E-state index contributed by atoms with van der Waals surface area (Å²) in [7, 11) is 0. The molecule has 2 heterocycles. The lowest BCUT2D eigenvalue weighted by Gasteiger charge is -2.03. The van der Waals surface area contributed by atoms with Crippen molar-refractivity contribution in [2.24, 2.45) is 0 Å². The van der Waals surface area contributed by atoms with Gasteiger partial charge in [-0.2, -0.15) is 4.39 Å². The monoisotopic (exact) mass is 219 g/mol. The van der Waals surface area contributed by atoms with Crippen LogP contribution in [0.15, 0.2) is 36.8 Å². The van der Waals surface area contributed by atoms with Crippen molar-refractivity contribution in [2.45, 2.75) is 20.0 Å². The number of nitrogens with zero attached hydrogens (tertiary/aromatic N) is 2.